The van der Waals surface area contributed by atoms with Gasteiger partial charge in [0.05, 0.1) is 0 Å². The maximum atomic E-state index is 10.2. The lowest BCUT2D eigenvalue weighted by Crippen LogP contribution is -2.33. The number of allylic oxidation sites excluding steroid dienone is 1. The lowest BCUT2D eigenvalue weighted by molar-refractivity contribution is 1.47. The van der Waals surface area contributed by atoms with Crippen molar-refractivity contribution in [1.82, 2.24) is 0 Å². The fourth-order valence-electron chi connectivity index (χ4n) is 3.18. The number of rotatable bonds is 5. The fourth-order valence-corrected chi connectivity index (χ4v) is 8.11. The van der Waals surface area contributed by atoms with Gasteiger partial charge in [-0.15, -0.1) is 11.8 Å². The van der Waals surface area contributed by atoms with Gasteiger partial charge in [0.15, 0.2) is 7.26 Å². The van der Waals surface area contributed by atoms with Gasteiger partial charge >= 0.3 is 0 Å². The third-order valence-electron chi connectivity index (χ3n) is 4.33. The molecule has 0 spiro atoms. The summed E-state index contributed by atoms with van der Waals surface area (Å²) in [4.78, 5) is 0. The highest BCUT2D eigenvalue weighted by Crippen LogP contribution is 2.63. The molecule has 0 aromatic heterocycles. The van der Waals surface area contributed by atoms with Crippen LogP contribution in [0.2, 0.25) is 0 Å². The van der Waals surface area contributed by atoms with Crippen molar-refractivity contribution < 1.29 is 0 Å². The highest BCUT2D eigenvalue weighted by Gasteiger charge is 2.51. The van der Waals surface area contributed by atoms with Crippen LogP contribution in [-0.2, 0) is 0 Å². The Morgan fingerprint density at radius 3 is 1.38 bits per heavy atom. The molecule has 0 aliphatic rings. The minimum Gasteiger partial charge on any atom is -0.390 e. The first-order valence-corrected chi connectivity index (χ1v) is 11.3. The number of hydrogen-bond acceptors (Lipinski definition) is 3. The first-order chi connectivity index (χ1) is 12.7. The van der Waals surface area contributed by atoms with Crippen LogP contribution >= 0.6 is 19.0 Å². The van der Waals surface area contributed by atoms with Crippen molar-refractivity contribution in [3.05, 3.63) is 101 Å². The molecule has 0 atom stereocenters. The molecule has 0 aliphatic carbocycles. The molecule has 0 saturated heterocycles. The van der Waals surface area contributed by atoms with Crippen molar-refractivity contribution >= 4 is 34.9 Å². The van der Waals surface area contributed by atoms with Crippen LogP contribution in [0.5, 0.6) is 0 Å². The van der Waals surface area contributed by atoms with E-state index < -0.39 is 7.26 Å². The molecule has 0 fully saturated rings. The molecule has 3 aromatic rings. The number of thioether (sulfide) groups is 1. The third-order valence-corrected chi connectivity index (χ3v) is 9.35. The Labute approximate surface area is 159 Å². The van der Waals surface area contributed by atoms with Gasteiger partial charge in [0.1, 0.15) is 27.0 Å². The molecule has 0 heterocycles. The molecule has 0 bridgehead atoms. The predicted molar refractivity (Wildman–Crippen MR) is 115 cm³/mol. The van der Waals surface area contributed by atoms with Crippen LogP contribution in [0.25, 0.3) is 0 Å². The lowest BCUT2D eigenvalue weighted by atomic mass is 10.4. The van der Waals surface area contributed by atoms with Crippen LogP contribution in [0.15, 0.2) is 101 Å². The van der Waals surface area contributed by atoms with E-state index in [4.69, 9.17) is 5.73 Å². The summed E-state index contributed by atoms with van der Waals surface area (Å²) < 4.78 is 0. The smallest absolute Gasteiger partial charge is 0.214 e. The Bertz CT molecular complexity index is 835. The maximum absolute atomic E-state index is 10.2. The van der Waals surface area contributed by atoms with Crippen molar-refractivity contribution in [3.63, 3.8) is 0 Å². The van der Waals surface area contributed by atoms with Gasteiger partial charge in [-0.3, -0.25) is 0 Å². The third kappa shape index (κ3) is 3.15. The molecule has 128 valence electrons. The zero-order chi connectivity index (χ0) is 18.4. The Morgan fingerprint density at radius 2 is 1.12 bits per heavy atom. The minimum atomic E-state index is -2.36. The van der Waals surface area contributed by atoms with Gasteiger partial charge < -0.3 is 5.73 Å². The lowest BCUT2D eigenvalue weighted by Gasteiger charge is -2.27. The molecule has 0 radical (unpaired) electrons. The van der Waals surface area contributed by atoms with Gasteiger partial charge in [-0.25, -0.2) is 0 Å². The summed E-state index contributed by atoms with van der Waals surface area (Å²) in [6.45, 7) is 0. The molecule has 0 saturated carbocycles. The Morgan fingerprint density at radius 1 is 0.769 bits per heavy atom. The van der Waals surface area contributed by atoms with E-state index in [1.54, 1.807) is 0 Å². The molecule has 26 heavy (non-hydrogen) atoms. The minimum absolute atomic E-state index is 0.581. The molecule has 0 amide bonds. The number of nitrogens with zero attached hydrogens (tertiary/aromatic N) is 1. The molecular formula is C22H20N2PS+. The second kappa shape index (κ2) is 8.23. The topological polar surface area (TPSA) is 49.8 Å². The van der Waals surface area contributed by atoms with E-state index in [0.29, 0.717) is 10.3 Å². The molecule has 4 heteroatoms. The summed E-state index contributed by atoms with van der Waals surface area (Å²) in [5, 5.41) is 14.8. The Kier molecular flexibility index (Phi) is 5.78. The summed E-state index contributed by atoms with van der Waals surface area (Å²) >= 11 is 1.43. The average Bonchev–Trinajstić information content (AvgIpc) is 2.73. The van der Waals surface area contributed by atoms with Crippen molar-refractivity contribution in [2.45, 2.75) is 0 Å². The number of hydrogen-bond donors (Lipinski definition) is 1. The number of nitriles is 1. The molecule has 0 unspecified atom stereocenters. The highest BCUT2D eigenvalue weighted by molar-refractivity contribution is 8.04. The quantitative estimate of drug-likeness (QED) is 0.542. The van der Waals surface area contributed by atoms with Crippen LogP contribution in [-0.4, -0.2) is 6.26 Å². The second-order valence-corrected chi connectivity index (χ2v) is 9.89. The Balaban J connectivity index is 2.50. The first-order valence-electron chi connectivity index (χ1n) is 8.25. The van der Waals surface area contributed by atoms with E-state index in [2.05, 4.69) is 42.5 Å². The van der Waals surface area contributed by atoms with Crippen LogP contribution in [0.4, 0.5) is 0 Å². The monoisotopic (exact) mass is 375 g/mol. The Hall–Kier alpha value is -2.53. The zero-order valence-corrected chi connectivity index (χ0v) is 16.3. The SMILES string of the molecule is CS/C(N)=C(/C#N)[P+](c1ccccc1)(c1ccccc1)c1ccccc1. The molecule has 3 rings (SSSR count). The molecular weight excluding hydrogens is 355 g/mol. The van der Waals surface area contributed by atoms with Gasteiger partial charge in [0.25, 0.3) is 0 Å². The average molecular weight is 375 g/mol. The number of benzene rings is 3. The normalized spacial score (nSPS) is 12.2. The van der Waals surface area contributed by atoms with Crippen molar-refractivity contribution in [3.8, 4) is 6.07 Å². The van der Waals surface area contributed by atoms with Crippen LogP contribution in [0, 0.1) is 11.3 Å². The molecule has 3 aromatic carbocycles. The predicted octanol–water partition coefficient (Wildman–Crippen LogP) is 3.99. The van der Waals surface area contributed by atoms with Crippen molar-refractivity contribution in [2.24, 2.45) is 5.73 Å². The van der Waals surface area contributed by atoms with E-state index in [1.807, 2.05) is 60.9 Å². The van der Waals surface area contributed by atoms with E-state index >= 15 is 0 Å². The molecule has 0 aliphatic heterocycles. The number of nitrogens with two attached hydrogens (primary N) is 1. The van der Waals surface area contributed by atoms with E-state index in [9.17, 15) is 5.26 Å². The van der Waals surface area contributed by atoms with E-state index in [-0.39, 0.29) is 0 Å². The summed E-state index contributed by atoms with van der Waals surface area (Å²) in [7, 11) is -2.36. The van der Waals surface area contributed by atoms with Gasteiger partial charge in [0, 0.05) is 0 Å². The largest absolute Gasteiger partial charge is 0.390 e. The highest BCUT2D eigenvalue weighted by atomic mass is 32.2. The fraction of sp³-hybridized carbons (Fsp3) is 0.0455. The summed E-state index contributed by atoms with van der Waals surface area (Å²) in [6.07, 6.45) is 1.92. The summed E-state index contributed by atoms with van der Waals surface area (Å²) in [5.74, 6) is 0. The van der Waals surface area contributed by atoms with Crippen molar-refractivity contribution in [1.29, 1.82) is 5.26 Å². The standard InChI is InChI=1S/C22H20N2PS/c1-26-22(24)21(17-23)25(18-11-5-2-6-12-18,19-13-7-3-8-14-19)20-15-9-4-10-16-20/h2-16H,24H2,1H3/q+1/b22-21-. The summed E-state index contributed by atoms with van der Waals surface area (Å²) in [6, 6.07) is 33.3. The summed E-state index contributed by atoms with van der Waals surface area (Å²) in [5.41, 5.74) is 6.37. The van der Waals surface area contributed by atoms with Gasteiger partial charge in [-0.1, -0.05) is 54.6 Å². The second-order valence-electron chi connectivity index (χ2n) is 5.71. The van der Waals surface area contributed by atoms with Crippen LogP contribution in [0.1, 0.15) is 0 Å². The van der Waals surface area contributed by atoms with E-state index in [1.165, 1.54) is 11.8 Å². The zero-order valence-electron chi connectivity index (χ0n) is 14.5. The maximum Gasteiger partial charge on any atom is 0.214 e. The van der Waals surface area contributed by atoms with E-state index in [0.717, 1.165) is 15.9 Å². The van der Waals surface area contributed by atoms with Crippen LogP contribution < -0.4 is 21.6 Å². The van der Waals surface area contributed by atoms with Gasteiger partial charge in [-0.05, 0) is 42.7 Å². The molecule has 2 nitrogen and oxygen atoms in total. The van der Waals surface area contributed by atoms with Crippen molar-refractivity contribution in [2.75, 3.05) is 6.26 Å². The van der Waals surface area contributed by atoms with Gasteiger partial charge in [-0.2, -0.15) is 5.26 Å². The first kappa shape index (κ1) is 18.3. The van der Waals surface area contributed by atoms with Gasteiger partial charge in [0.2, 0.25) is 5.31 Å². The molecule has 2 N–H and O–H groups in total. The van der Waals surface area contributed by atoms with Crippen LogP contribution in [0.3, 0.4) is 0 Å².